The summed E-state index contributed by atoms with van der Waals surface area (Å²) in [5.74, 6) is 0. The van der Waals surface area contributed by atoms with E-state index in [0.29, 0.717) is 0 Å². The van der Waals surface area contributed by atoms with Gasteiger partial charge in [-0.2, -0.15) is 0 Å². The van der Waals surface area contributed by atoms with Gasteiger partial charge in [0.05, 0.1) is 0 Å². The van der Waals surface area contributed by atoms with E-state index in [0.717, 1.165) is 0 Å². The molecule has 0 aliphatic carbocycles. The van der Waals surface area contributed by atoms with Crippen molar-refractivity contribution in [3.8, 4) is 0 Å². The topological polar surface area (TPSA) is 85.5 Å². The standard InChI is InChI=1S/2Fe.2Ga.2La.3O.2Sr.4H/q;;2*+3;;;3*-2;;;;;;. The molecule has 0 unspecified atom stereocenters. The van der Waals surface area contributed by atoms with E-state index in [9.17, 15) is 0 Å². The Morgan fingerprint density at radius 1 is 0.455 bits per heavy atom. The van der Waals surface area contributed by atoms with Crippen molar-refractivity contribution in [1.29, 1.82) is 0 Å². The van der Waals surface area contributed by atoms with Crippen LogP contribution in [0.5, 0.6) is 0 Å². The van der Waals surface area contributed by atoms with E-state index >= 15 is 0 Å². The average molecular weight is 756 g/mol. The molecular weight excluding hydrogens is 752 g/mol. The van der Waals surface area contributed by atoms with Gasteiger partial charge < -0.3 is 16.4 Å². The molecular formula is H4Fe2Ga2La2O3Sr2. The van der Waals surface area contributed by atoms with Crippen LogP contribution in [-0.2, 0) is 50.6 Å². The maximum atomic E-state index is 0. The van der Waals surface area contributed by atoms with Crippen LogP contribution in [0.1, 0.15) is 0 Å². The second kappa shape index (κ2) is 84.4. The summed E-state index contributed by atoms with van der Waals surface area (Å²) in [6.45, 7) is 0. The summed E-state index contributed by atoms with van der Waals surface area (Å²) in [5.41, 5.74) is 0. The van der Waals surface area contributed by atoms with Crippen molar-refractivity contribution in [1.82, 2.24) is 0 Å². The van der Waals surface area contributed by atoms with Gasteiger partial charge in [-0.1, -0.05) is 0 Å². The van der Waals surface area contributed by atoms with Crippen LogP contribution >= 0.6 is 0 Å². The first kappa shape index (κ1) is 100. The first-order valence-corrected chi connectivity index (χ1v) is 0. The van der Waals surface area contributed by atoms with Gasteiger partial charge in [0.15, 0.2) is 0 Å². The SMILES string of the molecule is [Fe].[Fe].[Ga+3].[Ga+3].[La].[La].[O-2].[O-2].[O-2].[SrH2].[SrH2]. The Labute approximate surface area is 244 Å². The molecule has 0 aliphatic heterocycles. The minimum absolute atomic E-state index is 0. The van der Waals surface area contributed by atoms with Gasteiger partial charge in [0, 0.05) is 105 Å². The Hall–Kier alpha value is 7.54. The summed E-state index contributed by atoms with van der Waals surface area (Å²) in [6, 6.07) is 0. The molecule has 11 heteroatoms. The van der Waals surface area contributed by atoms with Crippen molar-refractivity contribution in [2.45, 2.75) is 0 Å². The molecule has 54 valence electrons. The summed E-state index contributed by atoms with van der Waals surface area (Å²) < 4.78 is 0. The Bertz CT molecular complexity index is 25.3. The van der Waals surface area contributed by atoms with Crippen molar-refractivity contribution in [3.63, 3.8) is 0 Å². The van der Waals surface area contributed by atoms with Crippen molar-refractivity contribution < 1.29 is 122 Å². The summed E-state index contributed by atoms with van der Waals surface area (Å²) in [7, 11) is 0. The molecule has 0 saturated carbocycles. The summed E-state index contributed by atoms with van der Waals surface area (Å²) in [4.78, 5) is 0. The molecule has 0 heterocycles. The predicted octanol–water partition coefficient (Wildman–Crippen LogP) is -2.96. The van der Waals surface area contributed by atoms with E-state index in [2.05, 4.69) is 0 Å². The van der Waals surface area contributed by atoms with Crippen LogP contribution in [0, 0.1) is 71.2 Å². The molecule has 0 N–H and O–H groups in total. The van der Waals surface area contributed by atoms with Gasteiger partial charge in [-0.15, -0.1) is 0 Å². The summed E-state index contributed by atoms with van der Waals surface area (Å²) >= 11 is 0. The first-order valence-electron chi connectivity index (χ1n) is 0. The van der Waals surface area contributed by atoms with Gasteiger partial charge in [-0.05, 0) is 0 Å². The molecule has 0 fully saturated rings. The second-order valence-corrected chi connectivity index (χ2v) is 0. The number of hydrogen-bond donors (Lipinski definition) is 0. The van der Waals surface area contributed by atoms with Crippen molar-refractivity contribution in [2.75, 3.05) is 0 Å². The van der Waals surface area contributed by atoms with Crippen molar-refractivity contribution in [3.05, 3.63) is 0 Å². The van der Waals surface area contributed by atoms with Gasteiger partial charge in [0.25, 0.3) is 0 Å². The Morgan fingerprint density at radius 3 is 0.455 bits per heavy atom. The van der Waals surface area contributed by atoms with Gasteiger partial charge in [0.1, 0.15) is 0 Å². The maximum absolute atomic E-state index is 0. The fraction of sp³-hybridized carbons (Fsp3) is 0. The van der Waals surface area contributed by atoms with Gasteiger partial charge in [-0.3, -0.25) is 0 Å². The molecule has 2 radical (unpaired) electrons. The first-order chi connectivity index (χ1) is 0. The van der Waals surface area contributed by atoms with Crippen LogP contribution in [0.3, 0.4) is 0 Å². The van der Waals surface area contributed by atoms with E-state index in [1.54, 1.807) is 0 Å². The molecule has 0 spiro atoms. The molecule has 11 heavy (non-hydrogen) atoms. The van der Waals surface area contributed by atoms with Crippen molar-refractivity contribution >= 4 is 131 Å². The van der Waals surface area contributed by atoms with Crippen LogP contribution in [0.2, 0.25) is 0 Å². The van der Waals surface area contributed by atoms with Crippen LogP contribution < -0.4 is 0 Å². The van der Waals surface area contributed by atoms with E-state index in [4.69, 9.17) is 0 Å². The minimum atomic E-state index is 0. The zero-order valence-electron chi connectivity index (χ0n) is 4.24. The van der Waals surface area contributed by atoms with Crippen LogP contribution in [0.4, 0.5) is 0 Å². The normalized spacial score (nSPS) is 0. The summed E-state index contributed by atoms with van der Waals surface area (Å²) in [6.07, 6.45) is 0. The second-order valence-electron chi connectivity index (χ2n) is 0. The van der Waals surface area contributed by atoms with Crippen molar-refractivity contribution in [2.24, 2.45) is 0 Å². The molecule has 0 aromatic carbocycles. The van der Waals surface area contributed by atoms with Gasteiger partial charge in [0.2, 0.25) is 0 Å². The number of rotatable bonds is 0. The van der Waals surface area contributed by atoms with E-state index < -0.39 is 0 Å². The average Bonchev–Trinajstić information content (AvgIpc) is 0. The zero-order chi connectivity index (χ0) is 0. The van der Waals surface area contributed by atoms with Crippen LogP contribution in [0.25, 0.3) is 0 Å². The predicted molar refractivity (Wildman–Crippen MR) is 30.7 cm³/mol. The van der Waals surface area contributed by atoms with E-state index in [1.807, 2.05) is 0 Å². The molecule has 0 aromatic heterocycles. The fourth-order valence-corrected chi connectivity index (χ4v) is 0. The molecule has 0 saturated heterocycles. The Kier molecular flexibility index (Phi) is 769. The molecule has 0 bridgehead atoms. The van der Waals surface area contributed by atoms with Crippen LogP contribution in [0.15, 0.2) is 0 Å². The fourth-order valence-electron chi connectivity index (χ4n) is 0. The Balaban J connectivity index is 0. The van der Waals surface area contributed by atoms with Gasteiger partial charge >= 0.3 is 131 Å². The number of hydrogen-bond acceptors (Lipinski definition) is 0. The molecule has 0 amide bonds. The molecule has 0 aliphatic rings. The summed E-state index contributed by atoms with van der Waals surface area (Å²) in [5, 5.41) is 0. The molecule has 0 aromatic rings. The third-order valence-electron chi connectivity index (χ3n) is 0. The molecule has 3 nitrogen and oxygen atoms in total. The Morgan fingerprint density at radius 2 is 0.455 bits per heavy atom. The third kappa shape index (κ3) is 74.5. The van der Waals surface area contributed by atoms with Gasteiger partial charge in [-0.25, -0.2) is 0 Å². The van der Waals surface area contributed by atoms with Crippen LogP contribution in [-0.4, -0.2) is 131 Å². The molecule has 0 atom stereocenters. The quantitative estimate of drug-likeness (QED) is 0.237. The third-order valence-corrected chi connectivity index (χ3v) is 0. The zero-order valence-corrected chi connectivity index (χ0v) is 18.5. The van der Waals surface area contributed by atoms with E-state index in [1.165, 1.54) is 0 Å². The molecule has 0 rings (SSSR count). The monoisotopic (exact) mass is 755 g/mol. The van der Waals surface area contributed by atoms with E-state index in [-0.39, 0.29) is 252 Å².